The minimum Gasteiger partial charge on any atom is -0.0654 e. The van der Waals surface area contributed by atoms with E-state index in [1.165, 1.54) is 266 Å². The first-order chi connectivity index (χ1) is 26.1. The van der Waals surface area contributed by atoms with Gasteiger partial charge in [-0.2, -0.15) is 0 Å². The number of nitrogens with zero attached hydrogens (tertiary/aromatic N) is 2. The van der Waals surface area contributed by atoms with Crippen LogP contribution in [-0.2, 0) is 0 Å². The summed E-state index contributed by atoms with van der Waals surface area (Å²) in [6.07, 6.45) is 50.1. The Morgan fingerprint density at radius 1 is 0.302 bits per heavy atom. The normalized spacial score (nSPS) is 11.4. The molecule has 0 aromatic rings. The second kappa shape index (κ2) is 46.1. The molecule has 0 unspecified atom stereocenters. The maximum atomic E-state index is 6.17. The van der Waals surface area contributed by atoms with Crippen LogP contribution in [0.2, 0.25) is 0 Å². The SMILES string of the molecule is CCCCCCCCCCCN(CCCCCCCCCCC)C(=S)[S][Pb][S]C(=S)N(CCCCCCCCCCC)CCCCCCCCCCC. The van der Waals surface area contributed by atoms with Crippen molar-refractivity contribution in [3.8, 4) is 0 Å². The van der Waals surface area contributed by atoms with Crippen LogP contribution >= 0.6 is 41.1 Å². The standard InChI is InChI=1S/2C23H47NS2.Pb/c2*1-3-5-7-9-11-13-15-17-19-21-24(23(25)26)22-20-18-16-14-12-10-8-6-4-2;/h2*3-22H2,1-2H3,(H,25,26);/q;;+2/p-2. The van der Waals surface area contributed by atoms with Crippen LogP contribution < -0.4 is 0 Å². The van der Waals surface area contributed by atoms with Gasteiger partial charge in [-0.25, -0.2) is 0 Å². The van der Waals surface area contributed by atoms with Gasteiger partial charge in [0.25, 0.3) is 0 Å². The van der Waals surface area contributed by atoms with E-state index in [2.05, 4.69) is 54.1 Å². The Kier molecular flexibility index (Phi) is 47.3. The Morgan fingerprint density at radius 3 is 0.660 bits per heavy atom. The fourth-order valence-electron chi connectivity index (χ4n) is 7.26. The molecular formula is C46H92N2PbS4. The Bertz CT molecular complexity index is 651. The van der Waals surface area contributed by atoms with Crippen LogP contribution in [0.25, 0.3) is 0 Å². The van der Waals surface area contributed by atoms with Gasteiger partial charge in [-0.1, -0.05) is 53.4 Å². The predicted octanol–water partition coefficient (Wildman–Crippen LogP) is 17.3. The molecule has 0 spiro atoms. The zero-order valence-corrected chi connectivity index (χ0v) is 43.5. The average Bonchev–Trinajstić information content (AvgIpc) is 3.16. The van der Waals surface area contributed by atoms with Gasteiger partial charge in [0.05, 0.1) is 0 Å². The molecular weight excluding hydrogens is 916 g/mol. The Labute approximate surface area is 362 Å². The smallest absolute Gasteiger partial charge is 0.0654 e. The van der Waals surface area contributed by atoms with Gasteiger partial charge in [-0.3, -0.25) is 0 Å². The van der Waals surface area contributed by atoms with E-state index in [-0.39, 0.29) is 0 Å². The van der Waals surface area contributed by atoms with Crippen molar-refractivity contribution in [3.05, 3.63) is 0 Å². The van der Waals surface area contributed by atoms with Gasteiger partial charge in [-0.05, 0) is 0 Å². The predicted molar refractivity (Wildman–Crippen MR) is 258 cm³/mol. The number of hydrogen-bond acceptors (Lipinski definition) is 4. The molecule has 7 heteroatoms. The zero-order valence-electron chi connectivity index (χ0n) is 36.3. The van der Waals surface area contributed by atoms with Crippen LogP contribution in [0.4, 0.5) is 0 Å². The summed E-state index contributed by atoms with van der Waals surface area (Å²) < 4.78 is 2.40. The first kappa shape index (κ1) is 54.4. The number of hydrogen-bond donors (Lipinski definition) is 0. The minimum absolute atomic E-state index is 1.07. The molecule has 0 heterocycles. The molecule has 0 atom stereocenters. The summed E-state index contributed by atoms with van der Waals surface area (Å²) in [5.41, 5.74) is 0. The molecule has 0 saturated carbocycles. The third-order valence-electron chi connectivity index (χ3n) is 10.9. The summed E-state index contributed by atoms with van der Waals surface area (Å²) in [4.78, 5) is 5.22. The van der Waals surface area contributed by atoms with Crippen molar-refractivity contribution in [1.82, 2.24) is 9.80 Å². The maximum absolute atomic E-state index is 6.17. The van der Waals surface area contributed by atoms with Crippen molar-refractivity contribution in [3.63, 3.8) is 0 Å². The molecule has 0 N–H and O–H groups in total. The second-order valence-corrected chi connectivity index (χ2v) is 29.8. The summed E-state index contributed by atoms with van der Waals surface area (Å²) in [7, 11) is 4.15. The summed E-state index contributed by atoms with van der Waals surface area (Å²) in [6.45, 7) is 13.9. The van der Waals surface area contributed by atoms with Crippen molar-refractivity contribution < 1.29 is 0 Å². The van der Waals surface area contributed by atoms with Gasteiger partial charge in [-0.15, -0.1) is 0 Å². The summed E-state index contributed by atoms with van der Waals surface area (Å²) in [5, 5.41) is 0. The number of unbranched alkanes of at least 4 members (excludes halogenated alkanes) is 32. The minimum atomic E-state index is -1.07. The summed E-state index contributed by atoms with van der Waals surface area (Å²) in [6, 6.07) is 0. The van der Waals surface area contributed by atoms with Crippen LogP contribution in [0.3, 0.4) is 0 Å². The molecule has 314 valence electrons. The third kappa shape index (κ3) is 40.0. The quantitative estimate of drug-likeness (QED) is 0.0339. The van der Waals surface area contributed by atoms with Crippen molar-refractivity contribution in [2.45, 2.75) is 259 Å². The summed E-state index contributed by atoms with van der Waals surface area (Å²) >= 11 is 11.3. The molecule has 0 aliphatic carbocycles. The molecule has 0 bridgehead atoms. The van der Waals surface area contributed by atoms with Crippen molar-refractivity contribution in [1.29, 1.82) is 0 Å². The van der Waals surface area contributed by atoms with E-state index in [0.29, 0.717) is 0 Å². The molecule has 2 nitrogen and oxygen atoms in total. The fraction of sp³-hybridized carbons (Fsp3) is 0.957. The van der Waals surface area contributed by atoms with E-state index in [0.717, 1.165) is 0 Å². The Balaban J connectivity index is 4.79. The molecule has 0 aromatic heterocycles. The van der Waals surface area contributed by atoms with E-state index in [1.807, 2.05) is 0 Å². The van der Waals surface area contributed by atoms with E-state index < -0.39 is 21.2 Å². The van der Waals surface area contributed by atoms with Crippen molar-refractivity contribution in [2.75, 3.05) is 26.2 Å². The van der Waals surface area contributed by atoms with Gasteiger partial charge < -0.3 is 0 Å². The van der Waals surface area contributed by atoms with Gasteiger partial charge in [0.1, 0.15) is 0 Å². The number of thiocarbonyl (C=S) groups is 2. The summed E-state index contributed by atoms with van der Waals surface area (Å²) in [5.74, 6) is 0. The Hall–Kier alpha value is 1.40. The first-order valence-corrected chi connectivity index (χ1v) is 35.7. The molecule has 0 saturated heterocycles. The van der Waals surface area contributed by atoms with E-state index in [9.17, 15) is 0 Å². The van der Waals surface area contributed by atoms with Crippen LogP contribution in [0, 0.1) is 0 Å². The number of rotatable bonds is 42. The van der Waals surface area contributed by atoms with Crippen LogP contribution in [0.15, 0.2) is 0 Å². The molecule has 53 heavy (non-hydrogen) atoms. The van der Waals surface area contributed by atoms with Crippen LogP contribution in [0.5, 0.6) is 0 Å². The average molecular weight is 1010 g/mol. The van der Waals surface area contributed by atoms with Crippen molar-refractivity contribution >= 4 is 70.9 Å². The third-order valence-corrected chi connectivity index (χ3v) is 27.2. The molecule has 0 aliphatic rings. The van der Waals surface area contributed by atoms with Gasteiger partial charge in [0.2, 0.25) is 0 Å². The molecule has 0 amide bonds. The Morgan fingerprint density at radius 2 is 0.472 bits per heavy atom. The first-order valence-electron chi connectivity index (χ1n) is 23.8. The molecule has 0 fully saturated rings. The topological polar surface area (TPSA) is 6.48 Å². The van der Waals surface area contributed by atoms with E-state index >= 15 is 0 Å². The zero-order chi connectivity index (χ0) is 38.7. The van der Waals surface area contributed by atoms with Crippen LogP contribution in [0.1, 0.15) is 259 Å². The van der Waals surface area contributed by atoms with E-state index in [1.54, 1.807) is 0 Å². The molecule has 0 aliphatic heterocycles. The molecule has 2 radical (unpaired) electrons. The molecule has 0 rings (SSSR count). The van der Waals surface area contributed by atoms with Crippen LogP contribution in [-0.4, -0.2) is 65.9 Å². The monoisotopic (exact) mass is 1010 g/mol. The van der Waals surface area contributed by atoms with Gasteiger partial charge in [0.15, 0.2) is 0 Å². The van der Waals surface area contributed by atoms with E-state index in [4.69, 9.17) is 24.4 Å². The second-order valence-electron chi connectivity index (χ2n) is 16.1. The fourth-order valence-corrected chi connectivity index (χ4v) is 23.8. The van der Waals surface area contributed by atoms with Crippen molar-refractivity contribution in [2.24, 2.45) is 0 Å². The van der Waals surface area contributed by atoms with Gasteiger partial charge in [0, 0.05) is 0 Å². The molecule has 0 aromatic carbocycles. The van der Waals surface area contributed by atoms with Gasteiger partial charge >= 0.3 is 312 Å².